The van der Waals surface area contributed by atoms with Gasteiger partial charge in [0.05, 0.1) is 0 Å². The highest BCUT2D eigenvalue weighted by Gasteiger charge is 1.99. The van der Waals surface area contributed by atoms with Gasteiger partial charge in [-0.15, -0.1) is 0 Å². The minimum atomic E-state index is 0.767. The third-order valence-electron chi connectivity index (χ3n) is 2.02. The number of benzene rings is 1. The van der Waals surface area contributed by atoms with Crippen LogP contribution in [0.1, 0.15) is 25.8 Å². The predicted molar refractivity (Wildman–Crippen MR) is 65.2 cm³/mol. The molecule has 1 unspecified atom stereocenters. The van der Waals surface area contributed by atoms with Gasteiger partial charge in [-0.1, -0.05) is 41.9 Å². The molecule has 0 fully saturated rings. The summed E-state index contributed by atoms with van der Waals surface area (Å²) in [5, 5.41) is 0.767. The number of halogens is 1. The van der Waals surface area contributed by atoms with Gasteiger partial charge < -0.3 is 0 Å². The van der Waals surface area contributed by atoms with Gasteiger partial charge in [0.15, 0.2) is 0 Å². The van der Waals surface area contributed by atoms with Gasteiger partial charge in [-0.2, -0.15) is 11.8 Å². The van der Waals surface area contributed by atoms with E-state index in [2.05, 4.69) is 54.0 Å². The first kappa shape index (κ1) is 11.1. The first-order valence-electron chi connectivity index (χ1n) is 4.58. The molecule has 0 saturated carbocycles. The van der Waals surface area contributed by atoms with E-state index in [4.69, 9.17) is 0 Å². The molecule has 1 aromatic carbocycles. The summed E-state index contributed by atoms with van der Waals surface area (Å²) in [5.74, 6) is 1.13. The molecule has 0 aliphatic carbocycles. The van der Waals surface area contributed by atoms with Crippen LogP contribution in [0.4, 0.5) is 0 Å². The van der Waals surface area contributed by atoms with E-state index in [-0.39, 0.29) is 0 Å². The molecule has 0 heterocycles. The highest BCUT2D eigenvalue weighted by atomic mass is 79.9. The number of thioether (sulfide) groups is 1. The minimum Gasteiger partial charge on any atom is -0.154 e. The second-order valence-corrected chi connectivity index (χ2v) is 5.50. The summed E-state index contributed by atoms with van der Waals surface area (Å²) in [4.78, 5) is 0. The second-order valence-electron chi connectivity index (χ2n) is 3.16. The molecular formula is C11H15BrS. The van der Waals surface area contributed by atoms with Gasteiger partial charge in [0, 0.05) is 15.5 Å². The van der Waals surface area contributed by atoms with Crippen LogP contribution < -0.4 is 0 Å². The van der Waals surface area contributed by atoms with Gasteiger partial charge in [-0.3, -0.25) is 0 Å². The van der Waals surface area contributed by atoms with Crippen LogP contribution in [0, 0.1) is 0 Å². The van der Waals surface area contributed by atoms with Crippen molar-refractivity contribution in [1.29, 1.82) is 0 Å². The van der Waals surface area contributed by atoms with Crippen molar-refractivity contribution in [2.75, 3.05) is 0 Å². The van der Waals surface area contributed by atoms with Crippen LogP contribution in [-0.2, 0) is 5.75 Å². The molecule has 0 N–H and O–H groups in total. The van der Waals surface area contributed by atoms with Crippen LogP contribution in [-0.4, -0.2) is 5.25 Å². The minimum absolute atomic E-state index is 0.767. The SMILES string of the molecule is CCC(C)SCc1ccc(Br)cc1. The van der Waals surface area contributed by atoms with Crippen molar-refractivity contribution >= 4 is 27.7 Å². The van der Waals surface area contributed by atoms with Gasteiger partial charge in [-0.05, 0) is 24.1 Å². The molecule has 13 heavy (non-hydrogen) atoms. The molecule has 0 aromatic heterocycles. The summed E-state index contributed by atoms with van der Waals surface area (Å²) in [7, 11) is 0. The Morgan fingerprint density at radius 2 is 1.92 bits per heavy atom. The quantitative estimate of drug-likeness (QED) is 0.768. The molecule has 0 aliphatic heterocycles. The standard InChI is InChI=1S/C11H15BrS/c1-3-9(2)13-8-10-4-6-11(12)7-5-10/h4-7,9H,3,8H2,1-2H3. The average molecular weight is 259 g/mol. The summed E-state index contributed by atoms with van der Waals surface area (Å²) >= 11 is 5.45. The number of hydrogen-bond acceptors (Lipinski definition) is 1. The van der Waals surface area contributed by atoms with Gasteiger partial charge in [-0.25, -0.2) is 0 Å². The Morgan fingerprint density at radius 1 is 1.31 bits per heavy atom. The normalized spacial score (nSPS) is 12.8. The Kier molecular flexibility index (Phi) is 4.89. The fraction of sp³-hybridized carbons (Fsp3) is 0.455. The number of rotatable bonds is 4. The molecule has 1 atom stereocenters. The van der Waals surface area contributed by atoms with Crippen molar-refractivity contribution in [2.45, 2.75) is 31.3 Å². The van der Waals surface area contributed by atoms with E-state index in [1.165, 1.54) is 12.0 Å². The summed E-state index contributed by atoms with van der Waals surface area (Å²) < 4.78 is 1.16. The average Bonchev–Trinajstić information content (AvgIpc) is 2.16. The first-order valence-corrected chi connectivity index (χ1v) is 6.42. The third kappa shape index (κ3) is 4.19. The van der Waals surface area contributed by atoms with Gasteiger partial charge in [0.1, 0.15) is 0 Å². The van der Waals surface area contributed by atoms with Crippen LogP contribution in [0.5, 0.6) is 0 Å². The van der Waals surface area contributed by atoms with E-state index in [0.717, 1.165) is 15.5 Å². The fourth-order valence-electron chi connectivity index (χ4n) is 0.937. The molecule has 2 heteroatoms. The van der Waals surface area contributed by atoms with Crippen molar-refractivity contribution in [2.24, 2.45) is 0 Å². The Balaban J connectivity index is 2.41. The topological polar surface area (TPSA) is 0 Å². The summed E-state index contributed by atoms with van der Waals surface area (Å²) in [6.45, 7) is 4.52. The molecule has 0 aliphatic rings. The maximum Gasteiger partial charge on any atom is 0.0187 e. The highest BCUT2D eigenvalue weighted by molar-refractivity contribution is 9.10. The molecule has 0 spiro atoms. The first-order chi connectivity index (χ1) is 6.22. The Bertz CT molecular complexity index is 243. The van der Waals surface area contributed by atoms with Gasteiger partial charge >= 0.3 is 0 Å². The fourth-order valence-corrected chi connectivity index (χ4v) is 2.11. The van der Waals surface area contributed by atoms with Crippen LogP contribution in [0.2, 0.25) is 0 Å². The highest BCUT2D eigenvalue weighted by Crippen LogP contribution is 2.20. The predicted octanol–water partition coefficient (Wildman–Crippen LogP) is 4.48. The maximum absolute atomic E-state index is 3.43. The van der Waals surface area contributed by atoms with Crippen molar-refractivity contribution in [3.63, 3.8) is 0 Å². The molecule has 0 saturated heterocycles. The van der Waals surface area contributed by atoms with Crippen molar-refractivity contribution in [3.8, 4) is 0 Å². The van der Waals surface area contributed by atoms with Gasteiger partial charge in [0.25, 0.3) is 0 Å². The van der Waals surface area contributed by atoms with E-state index in [1.807, 2.05) is 11.8 Å². The maximum atomic E-state index is 3.43. The molecule has 1 rings (SSSR count). The lowest BCUT2D eigenvalue weighted by Gasteiger charge is -2.07. The molecular weight excluding hydrogens is 244 g/mol. The van der Waals surface area contributed by atoms with Crippen LogP contribution in [0.3, 0.4) is 0 Å². The second kappa shape index (κ2) is 5.71. The van der Waals surface area contributed by atoms with Gasteiger partial charge in [0.2, 0.25) is 0 Å². The monoisotopic (exact) mass is 258 g/mol. The van der Waals surface area contributed by atoms with Crippen LogP contribution in [0.25, 0.3) is 0 Å². The van der Waals surface area contributed by atoms with E-state index >= 15 is 0 Å². The smallest absolute Gasteiger partial charge is 0.0187 e. The summed E-state index contributed by atoms with van der Waals surface area (Å²) in [6, 6.07) is 8.57. The molecule has 0 amide bonds. The Labute approximate surface area is 93.2 Å². The van der Waals surface area contributed by atoms with E-state index in [1.54, 1.807) is 0 Å². The lowest BCUT2D eigenvalue weighted by atomic mass is 10.2. The zero-order valence-corrected chi connectivity index (χ0v) is 10.5. The number of hydrogen-bond donors (Lipinski definition) is 0. The zero-order valence-electron chi connectivity index (χ0n) is 8.09. The van der Waals surface area contributed by atoms with Crippen molar-refractivity contribution < 1.29 is 0 Å². The molecule has 1 aromatic rings. The van der Waals surface area contributed by atoms with Crippen molar-refractivity contribution in [1.82, 2.24) is 0 Å². The van der Waals surface area contributed by atoms with Crippen LogP contribution in [0.15, 0.2) is 28.7 Å². The van der Waals surface area contributed by atoms with Crippen molar-refractivity contribution in [3.05, 3.63) is 34.3 Å². The largest absolute Gasteiger partial charge is 0.154 e. The molecule has 0 radical (unpaired) electrons. The lowest BCUT2D eigenvalue weighted by molar-refractivity contribution is 0.905. The van der Waals surface area contributed by atoms with E-state index in [0.29, 0.717) is 0 Å². The summed E-state index contributed by atoms with van der Waals surface area (Å²) in [5.41, 5.74) is 1.41. The van der Waals surface area contributed by atoms with E-state index < -0.39 is 0 Å². The zero-order chi connectivity index (χ0) is 9.68. The Morgan fingerprint density at radius 3 is 2.46 bits per heavy atom. The molecule has 72 valence electrons. The Hall–Kier alpha value is 0.0500. The van der Waals surface area contributed by atoms with Crippen LogP contribution >= 0.6 is 27.7 Å². The third-order valence-corrected chi connectivity index (χ3v) is 3.95. The van der Waals surface area contributed by atoms with E-state index in [9.17, 15) is 0 Å². The lowest BCUT2D eigenvalue weighted by Crippen LogP contribution is -1.93. The summed E-state index contributed by atoms with van der Waals surface area (Å²) in [6.07, 6.45) is 1.25. The molecule has 0 bridgehead atoms. The molecule has 0 nitrogen and oxygen atoms in total.